The van der Waals surface area contributed by atoms with Gasteiger partial charge in [0, 0.05) is 18.6 Å². The molecule has 1 aliphatic rings. The molecule has 3 atom stereocenters. The van der Waals surface area contributed by atoms with Crippen molar-refractivity contribution < 1.29 is 0 Å². The molecule has 17 heavy (non-hydrogen) atoms. The predicted octanol–water partition coefficient (Wildman–Crippen LogP) is 3.26. The first-order valence-corrected chi connectivity index (χ1v) is 7.48. The van der Waals surface area contributed by atoms with Crippen molar-refractivity contribution in [2.75, 3.05) is 19.6 Å². The van der Waals surface area contributed by atoms with Gasteiger partial charge in [0.15, 0.2) is 0 Å². The minimum atomic E-state index is 0.240. The van der Waals surface area contributed by atoms with E-state index in [2.05, 4.69) is 32.6 Å². The molecule has 3 unspecified atom stereocenters. The van der Waals surface area contributed by atoms with Gasteiger partial charge in [0.2, 0.25) is 0 Å². The summed E-state index contributed by atoms with van der Waals surface area (Å²) in [5, 5.41) is 0. The molecule has 2 nitrogen and oxygen atoms in total. The molecule has 2 heteroatoms. The summed E-state index contributed by atoms with van der Waals surface area (Å²) in [5.41, 5.74) is 6.30. The Morgan fingerprint density at radius 3 is 2.47 bits per heavy atom. The Morgan fingerprint density at radius 2 is 1.94 bits per heavy atom. The number of hydrogen-bond donors (Lipinski definition) is 1. The Balaban J connectivity index is 2.53. The van der Waals surface area contributed by atoms with Crippen LogP contribution in [0.25, 0.3) is 0 Å². The van der Waals surface area contributed by atoms with Gasteiger partial charge in [-0.2, -0.15) is 0 Å². The number of rotatable bonds is 6. The van der Waals surface area contributed by atoms with Crippen molar-refractivity contribution >= 4 is 0 Å². The van der Waals surface area contributed by atoms with E-state index in [1.807, 2.05) is 0 Å². The van der Waals surface area contributed by atoms with Crippen LogP contribution < -0.4 is 5.73 Å². The molecule has 0 aromatic heterocycles. The lowest BCUT2D eigenvalue weighted by molar-refractivity contribution is 0.0348. The maximum Gasteiger partial charge on any atom is 0.0303 e. The van der Waals surface area contributed by atoms with Crippen LogP contribution in [0.5, 0.6) is 0 Å². The summed E-state index contributed by atoms with van der Waals surface area (Å²) in [6.45, 7) is 12.7. The fourth-order valence-corrected chi connectivity index (χ4v) is 2.90. The molecular formula is C15H32N2. The van der Waals surface area contributed by atoms with Gasteiger partial charge in [0.05, 0.1) is 0 Å². The highest BCUT2D eigenvalue weighted by Gasteiger charge is 2.34. The van der Waals surface area contributed by atoms with Crippen LogP contribution in [0.4, 0.5) is 0 Å². The van der Waals surface area contributed by atoms with E-state index in [4.69, 9.17) is 5.73 Å². The molecule has 0 spiro atoms. The van der Waals surface area contributed by atoms with E-state index in [1.54, 1.807) is 0 Å². The molecule has 0 amide bonds. The first kappa shape index (κ1) is 15.0. The third kappa shape index (κ3) is 3.96. The standard InChI is InChI=1S/C15H32N2/c1-5-6-7-9-15(4,12-16)17-10-8-13(2)14(3)11-17/h13-14H,5-12,16H2,1-4H3. The number of nitrogens with zero attached hydrogens (tertiary/aromatic N) is 1. The summed E-state index contributed by atoms with van der Waals surface area (Å²) in [5.74, 6) is 1.70. The quantitative estimate of drug-likeness (QED) is 0.722. The molecule has 0 aliphatic carbocycles. The van der Waals surface area contributed by atoms with Gasteiger partial charge in [-0.15, -0.1) is 0 Å². The average Bonchev–Trinajstić information content (AvgIpc) is 2.32. The molecule has 0 saturated carbocycles. The van der Waals surface area contributed by atoms with Crippen LogP contribution in [0, 0.1) is 11.8 Å². The molecule has 1 saturated heterocycles. The van der Waals surface area contributed by atoms with Crippen LogP contribution in [0.1, 0.15) is 59.8 Å². The van der Waals surface area contributed by atoms with E-state index in [-0.39, 0.29) is 5.54 Å². The van der Waals surface area contributed by atoms with E-state index >= 15 is 0 Å². The summed E-state index contributed by atoms with van der Waals surface area (Å²) >= 11 is 0. The van der Waals surface area contributed by atoms with Gasteiger partial charge in [0.25, 0.3) is 0 Å². The van der Waals surface area contributed by atoms with Gasteiger partial charge >= 0.3 is 0 Å². The Kier molecular flexibility index (Phi) is 5.94. The van der Waals surface area contributed by atoms with Crippen LogP contribution in [0.2, 0.25) is 0 Å². The second-order valence-electron chi connectivity index (χ2n) is 6.35. The van der Waals surface area contributed by atoms with Crippen molar-refractivity contribution in [3.05, 3.63) is 0 Å². The van der Waals surface area contributed by atoms with Gasteiger partial charge in [-0.25, -0.2) is 0 Å². The first-order chi connectivity index (χ1) is 8.03. The first-order valence-electron chi connectivity index (χ1n) is 7.48. The van der Waals surface area contributed by atoms with Crippen molar-refractivity contribution in [2.45, 2.75) is 65.3 Å². The summed E-state index contributed by atoms with van der Waals surface area (Å²) in [7, 11) is 0. The third-order valence-corrected chi connectivity index (χ3v) is 4.86. The van der Waals surface area contributed by atoms with Crippen LogP contribution in [-0.4, -0.2) is 30.1 Å². The molecule has 1 fully saturated rings. The Morgan fingerprint density at radius 1 is 1.24 bits per heavy atom. The summed E-state index contributed by atoms with van der Waals surface area (Å²) in [6, 6.07) is 0. The molecule has 2 N–H and O–H groups in total. The second-order valence-corrected chi connectivity index (χ2v) is 6.35. The van der Waals surface area contributed by atoms with Gasteiger partial charge in [0.1, 0.15) is 0 Å². The monoisotopic (exact) mass is 240 g/mol. The van der Waals surface area contributed by atoms with Crippen molar-refractivity contribution in [1.29, 1.82) is 0 Å². The molecule has 0 aromatic rings. The van der Waals surface area contributed by atoms with E-state index < -0.39 is 0 Å². The molecule has 1 aliphatic heterocycles. The lowest BCUT2D eigenvalue weighted by atomic mass is 9.83. The van der Waals surface area contributed by atoms with Crippen LogP contribution in [-0.2, 0) is 0 Å². The van der Waals surface area contributed by atoms with E-state index in [0.717, 1.165) is 18.4 Å². The SMILES string of the molecule is CCCCCC(C)(CN)N1CCC(C)C(C)C1. The van der Waals surface area contributed by atoms with Crippen molar-refractivity contribution in [1.82, 2.24) is 4.90 Å². The number of piperidine rings is 1. The van der Waals surface area contributed by atoms with Crippen LogP contribution >= 0.6 is 0 Å². The molecule has 1 heterocycles. The van der Waals surface area contributed by atoms with E-state index in [1.165, 1.54) is 45.2 Å². The maximum atomic E-state index is 6.06. The molecule has 1 rings (SSSR count). The predicted molar refractivity (Wildman–Crippen MR) is 76.1 cm³/mol. The van der Waals surface area contributed by atoms with Gasteiger partial charge in [-0.05, 0) is 38.1 Å². The number of hydrogen-bond acceptors (Lipinski definition) is 2. The molecule has 0 bridgehead atoms. The lowest BCUT2D eigenvalue weighted by Gasteiger charge is -2.46. The minimum absolute atomic E-state index is 0.240. The molecule has 0 aromatic carbocycles. The highest BCUT2D eigenvalue weighted by atomic mass is 15.2. The van der Waals surface area contributed by atoms with E-state index in [0.29, 0.717) is 0 Å². The normalized spacial score (nSPS) is 30.2. The zero-order chi connectivity index (χ0) is 12.9. The van der Waals surface area contributed by atoms with Gasteiger partial charge in [-0.3, -0.25) is 4.90 Å². The van der Waals surface area contributed by atoms with Crippen LogP contribution in [0.15, 0.2) is 0 Å². The highest BCUT2D eigenvalue weighted by molar-refractivity contribution is 4.91. The Bertz CT molecular complexity index is 217. The highest BCUT2D eigenvalue weighted by Crippen LogP contribution is 2.30. The fourth-order valence-electron chi connectivity index (χ4n) is 2.90. The van der Waals surface area contributed by atoms with Crippen molar-refractivity contribution in [2.24, 2.45) is 17.6 Å². The van der Waals surface area contributed by atoms with Crippen LogP contribution in [0.3, 0.4) is 0 Å². The number of likely N-dealkylation sites (tertiary alicyclic amines) is 1. The van der Waals surface area contributed by atoms with Gasteiger partial charge in [-0.1, -0.05) is 40.0 Å². The lowest BCUT2D eigenvalue weighted by Crippen LogP contribution is -2.56. The number of nitrogens with two attached hydrogens (primary N) is 1. The van der Waals surface area contributed by atoms with Crippen molar-refractivity contribution in [3.63, 3.8) is 0 Å². The zero-order valence-corrected chi connectivity index (χ0v) is 12.3. The summed E-state index contributed by atoms with van der Waals surface area (Å²) in [6.07, 6.45) is 6.57. The summed E-state index contributed by atoms with van der Waals surface area (Å²) in [4.78, 5) is 2.66. The zero-order valence-electron chi connectivity index (χ0n) is 12.3. The Labute approximate surface area is 108 Å². The molecule has 0 radical (unpaired) electrons. The topological polar surface area (TPSA) is 29.3 Å². The number of unbranched alkanes of at least 4 members (excludes halogenated alkanes) is 2. The molecule has 102 valence electrons. The third-order valence-electron chi connectivity index (χ3n) is 4.86. The van der Waals surface area contributed by atoms with E-state index in [9.17, 15) is 0 Å². The summed E-state index contributed by atoms with van der Waals surface area (Å²) < 4.78 is 0. The largest absolute Gasteiger partial charge is 0.329 e. The maximum absolute atomic E-state index is 6.06. The smallest absolute Gasteiger partial charge is 0.0303 e. The fraction of sp³-hybridized carbons (Fsp3) is 1.00. The molecular weight excluding hydrogens is 208 g/mol. The average molecular weight is 240 g/mol. The van der Waals surface area contributed by atoms with Gasteiger partial charge < -0.3 is 5.73 Å². The van der Waals surface area contributed by atoms with Crippen molar-refractivity contribution in [3.8, 4) is 0 Å². The second kappa shape index (κ2) is 6.75. The minimum Gasteiger partial charge on any atom is -0.329 e. The Hall–Kier alpha value is -0.0800.